The van der Waals surface area contributed by atoms with E-state index in [4.69, 9.17) is 0 Å². The van der Waals surface area contributed by atoms with Crippen LogP contribution < -0.4 is 5.32 Å². The Bertz CT molecular complexity index is 959. The first-order chi connectivity index (χ1) is 12.9. The average Bonchev–Trinajstić information content (AvgIpc) is 3.17. The van der Waals surface area contributed by atoms with Gasteiger partial charge in [-0.25, -0.2) is 0 Å². The van der Waals surface area contributed by atoms with Crippen LogP contribution in [-0.2, 0) is 13.0 Å². The van der Waals surface area contributed by atoms with E-state index in [0.29, 0.717) is 24.3 Å². The smallest absolute Gasteiger partial charge is 0.302 e. The highest BCUT2D eigenvalue weighted by molar-refractivity contribution is 5.77. The molecule has 2 N–H and O–H groups in total. The van der Waals surface area contributed by atoms with Crippen molar-refractivity contribution in [1.29, 1.82) is 0 Å². The second-order valence-electron chi connectivity index (χ2n) is 7.21. The monoisotopic (exact) mass is 369 g/mol. The van der Waals surface area contributed by atoms with Crippen LogP contribution in [0.2, 0.25) is 0 Å². The van der Waals surface area contributed by atoms with Crippen LogP contribution in [0.3, 0.4) is 0 Å². The second-order valence-corrected chi connectivity index (χ2v) is 7.21. The van der Waals surface area contributed by atoms with Gasteiger partial charge in [0.05, 0.1) is 16.5 Å². The molecule has 0 radical (unpaired) electrons. The molecule has 1 fully saturated rings. The van der Waals surface area contributed by atoms with Crippen molar-refractivity contribution in [2.24, 2.45) is 11.8 Å². The third-order valence-electron chi connectivity index (χ3n) is 5.91. The molecule has 27 heavy (non-hydrogen) atoms. The van der Waals surface area contributed by atoms with Crippen molar-refractivity contribution < 1.29 is 15.0 Å². The van der Waals surface area contributed by atoms with Gasteiger partial charge < -0.3 is 10.4 Å². The van der Waals surface area contributed by atoms with Crippen LogP contribution in [-0.4, -0.2) is 21.5 Å². The predicted molar refractivity (Wildman–Crippen MR) is 98.8 cm³/mol. The van der Waals surface area contributed by atoms with Crippen molar-refractivity contribution in [3.05, 3.63) is 72.8 Å². The highest BCUT2D eigenvalue weighted by Crippen LogP contribution is 2.61. The summed E-state index contributed by atoms with van der Waals surface area (Å²) in [6.45, 7) is 1.46. The van der Waals surface area contributed by atoms with Crippen LogP contribution in [0.1, 0.15) is 28.2 Å². The Balaban J connectivity index is 1.62. The van der Waals surface area contributed by atoms with E-state index in [1.54, 1.807) is 0 Å². The molecule has 0 heterocycles. The Hall–Kier alpha value is -3.00. The number of rotatable bonds is 6. The van der Waals surface area contributed by atoms with Gasteiger partial charge in [0.15, 0.2) is 5.69 Å². The third kappa shape index (κ3) is 2.73. The molecule has 2 aromatic carbocycles. The fourth-order valence-corrected chi connectivity index (χ4v) is 4.50. The average molecular weight is 369 g/mol. The molecule has 140 valence electrons. The van der Waals surface area contributed by atoms with Crippen LogP contribution in [0.25, 0.3) is 0 Å². The molecule has 2 aromatic rings. The maximum absolute atomic E-state index is 11.6. The maximum Gasteiger partial charge on any atom is 0.302 e. The van der Waals surface area contributed by atoms with Crippen LogP contribution in [0.15, 0.2) is 30.3 Å². The molecule has 3 unspecified atom stereocenters. The Morgan fingerprint density at radius 1 is 1.22 bits per heavy atom. The maximum atomic E-state index is 11.6. The summed E-state index contributed by atoms with van der Waals surface area (Å²) in [4.78, 5) is 21.8. The van der Waals surface area contributed by atoms with E-state index in [9.17, 15) is 25.3 Å². The lowest BCUT2D eigenvalue weighted by Crippen LogP contribution is -2.13. The predicted octanol–water partition coefficient (Wildman–Crippen LogP) is 3.30. The van der Waals surface area contributed by atoms with Gasteiger partial charge in [-0.1, -0.05) is 24.3 Å². The van der Waals surface area contributed by atoms with Crippen molar-refractivity contribution in [3.8, 4) is 0 Å². The van der Waals surface area contributed by atoms with Crippen LogP contribution in [0, 0.1) is 39.0 Å². The molecule has 0 saturated heterocycles. The Morgan fingerprint density at radius 2 is 1.96 bits per heavy atom. The molecular formula is C19H19N3O5. The summed E-state index contributed by atoms with van der Waals surface area (Å²) < 4.78 is 0. The standard InChI is InChI=1S/C19H19N3O5/c1-10-12(9-23)7-16(21(24)25)18(19(10)22(26)27)20-8-15-14-6-11-4-2-3-5-13(11)17(14)15/h2-5,7,14-15,17,20,23H,6,8-9H2,1H3. The highest BCUT2D eigenvalue weighted by atomic mass is 16.6. The lowest BCUT2D eigenvalue weighted by atomic mass is 10.0. The quantitative estimate of drug-likeness (QED) is 0.596. The van der Waals surface area contributed by atoms with Crippen molar-refractivity contribution >= 4 is 17.1 Å². The summed E-state index contributed by atoms with van der Waals surface area (Å²) in [5.74, 6) is 1.23. The number of hydrogen-bond donors (Lipinski definition) is 2. The molecule has 0 amide bonds. The minimum Gasteiger partial charge on any atom is -0.392 e. The number of anilines is 1. The van der Waals surface area contributed by atoms with Crippen LogP contribution in [0.5, 0.6) is 0 Å². The van der Waals surface area contributed by atoms with Gasteiger partial charge in [0.1, 0.15) is 0 Å². The van der Waals surface area contributed by atoms with Gasteiger partial charge >= 0.3 is 5.69 Å². The van der Waals surface area contributed by atoms with Gasteiger partial charge in [0, 0.05) is 18.2 Å². The summed E-state index contributed by atoms with van der Waals surface area (Å²) >= 11 is 0. The van der Waals surface area contributed by atoms with Crippen LogP contribution in [0.4, 0.5) is 17.1 Å². The van der Waals surface area contributed by atoms with Crippen molar-refractivity contribution in [1.82, 2.24) is 0 Å². The molecule has 8 heteroatoms. The number of nitrogens with one attached hydrogen (secondary N) is 1. The fourth-order valence-electron chi connectivity index (χ4n) is 4.50. The SMILES string of the molecule is Cc1c(CO)cc([N+](=O)[O-])c(NCC2C3Cc4ccccc4C23)c1[N+](=O)[O-]. The largest absolute Gasteiger partial charge is 0.392 e. The number of nitro benzene ring substituents is 2. The third-order valence-corrected chi connectivity index (χ3v) is 5.91. The van der Waals surface area contributed by atoms with Crippen LogP contribution >= 0.6 is 0 Å². The zero-order valence-corrected chi connectivity index (χ0v) is 14.7. The van der Waals surface area contributed by atoms with E-state index in [2.05, 4.69) is 17.4 Å². The van der Waals surface area contributed by atoms with E-state index in [0.717, 1.165) is 6.42 Å². The van der Waals surface area contributed by atoms with Crippen molar-refractivity contribution in [3.63, 3.8) is 0 Å². The number of aliphatic hydroxyl groups is 1. The Labute approximate surface area is 155 Å². The van der Waals surface area contributed by atoms with E-state index >= 15 is 0 Å². The molecular weight excluding hydrogens is 350 g/mol. The number of benzene rings is 2. The van der Waals surface area contributed by atoms with Crippen molar-refractivity contribution in [2.75, 3.05) is 11.9 Å². The molecule has 3 atom stereocenters. The first-order valence-electron chi connectivity index (χ1n) is 8.81. The van der Waals surface area contributed by atoms with Gasteiger partial charge in [-0.3, -0.25) is 20.2 Å². The summed E-state index contributed by atoms with van der Waals surface area (Å²) in [7, 11) is 0. The summed E-state index contributed by atoms with van der Waals surface area (Å²) in [5, 5.41) is 35.4. The minimum absolute atomic E-state index is 0.0713. The highest BCUT2D eigenvalue weighted by Gasteiger charge is 2.55. The van der Waals surface area contributed by atoms with E-state index in [1.807, 2.05) is 12.1 Å². The summed E-state index contributed by atoms with van der Waals surface area (Å²) in [6.07, 6.45) is 0.986. The zero-order valence-electron chi connectivity index (χ0n) is 14.7. The molecule has 2 aliphatic carbocycles. The first kappa shape index (κ1) is 17.4. The lowest BCUT2D eigenvalue weighted by Gasteiger charge is -2.13. The molecule has 2 aliphatic rings. The normalized spacial score (nSPS) is 22.1. The van der Waals surface area contributed by atoms with Gasteiger partial charge in [0.2, 0.25) is 0 Å². The number of aliphatic hydroxyl groups excluding tert-OH is 1. The number of hydrogen-bond acceptors (Lipinski definition) is 6. The number of nitro groups is 2. The Morgan fingerprint density at radius 3 is 2.63 bits per heavy atom. The zero-order chi connectivity index (χ0) is 19.3. The van der Waals surface area contributed by atoms with E-state index in [-0.39, 0.29) is 28.2 Å². The van der Waals surface area contributed by atoms with Gasteiger partial charge in [-0.15, -0.1) is 0 Å². The summed E-state index contributed by atoms with van der Waals surface area (Å²) in [6, 6.07) is 9.49. The second kappa shape index (κ2) is 6.31. The van der Waals surface area contributed by atoms with Gasteiger partial charge in [0.25, 0.3) is 5.69 Å². The number of nitrogens with zero attached hydrogens (tertiary/aromatic N) is 2. The van der Waals surface area contributed by atoms with Crippen molar-refractivity contribution in [2.45, 2.75) is 25.9 Å². The molecule has 8 nitrogen and oxygen atoms in total. The first-order valence-corrected chi connectivity index (χ1v) is 8.81. The molecule has 1 saturated carbocycles. The lowest BCUT2D eigenvalue weighted by molar-refractivity contribution is -0.392. The number of fused-ring (bicyclic) bond motifs is 3. The summed E-state index contributed by atoms with van der Waals surface area (Å²) in [5.41, 5.74) is 2.34. The fraction of sp³-hybridized carbons (Fsp3) is 0.368. The topological polar surface area (TPSA) is 119 Å². The molecule has 0 bridgehead atoms. The van der Waals surface area contributed by atoms with Gasteiger partial charge in [-0.05, 0) is 47.8 Å². The van der Waals surface area contributed by atoms with E-state index < -0.39 is 16.5 Å². The molecule has 0 aliphatic heterocycles. The Kier molecular flexibility index (Phi) is 4.07. The van der Waals surface area contributed by atoms with E-state index in [1.165, 1.54) is 24.1 Å². The van der Waals surface area contributed by atoms with Gasteiger partial charge in [-0.2, -0.15) is 0 Å². The molecule has 0 spiro atoms. The molecule has 4 rings (SSSR count). The molecule has 0 aromatic heterocycles. The minimum atomic E-state index is -0.642.